The Hall–Kier alpha value is -3.02. The summed E-state index contributed by atoms with van der Waals surface area (Å²) in [5.74, 6) is -1.38. The molecule has 0 aliphatic heterocycles. The molecule has 0 heterocycles. The Morgan fingerprint density at radius 1 is 0.929 bits per heavy atom. The molecule has 0 saturated carbocycles. The predicted octanol–water partition coefficient (Wildman–Crippen LogP) is 5.80. The van der Waals surface area contributed by atoms with Crippen LogP contribution in [0.3, 0.4) is 0 Å². The number of aromatic carboxylic acids is 1. The van der Waals surface area contributed by atoms with Crippen LogP contribution in [-0.2, 0) is 6.54 Å². The van der Waals surface area contributed by atoms with Crippen LogP contribution in [0.1, 0.15) is 27.7 Å². The average Bonchev–Trinajstić information content (AvgIpc) is 2.68. The second-order valence-corrected chi connectivity index (χ2v) is 6.82. The molecule has 0 aromatic heterocycles. The average molecular weight is 417 g/mol. The lowest BCUT2D eigenvalue weighted by Crippen LogP contribution is -2.15. The van der Waals surface area contributed by atoms with Gasteiger partial charge >= 0.3 is 5.97 Å². The van der Waals surface area contributed by atoms with Gasteiger partial charge in [0, 0.05) is 18.7 Å². The number of halogens is 2. The summed E-state index contributed by atoms with van der Waals surface area (Å²) in [4.78, 5) is 23.6. The van der Waals surface area contributed by atoms with Crippen molar-refractivity contribution in [2.45, 2.75) is 6.54 Å². The molecule has 0 saturated heterocycles. The summed E-state index contributed by atoms with van der Waals surface area (Å²) in [5.41, 5.74) is 2.51. The number of para-hydroxylation sites is 1. The highest BCUT2D eigenvalue weighted by Crippen LogP contribution is 2.27. The number of hydrogen-bond acceptors (Lipinski definition) is 3. The molecule has 3 aromatic carbocycles. The van der Waals surface area contributed by atoms with Gasteiger partial charge in [-0.2, -0.15) is 0 Å². The molecule has 144 valence electrons. The van der Waals surface area contributed by atoms with E-state index in [1.807, 2.05) is 12.1 Å². The lowest BCUT2D eigenvalue weighted by Gasteiger charge is -2.14. The molecule has 0 bridgehead atoms. The van der Waals surface area contributed by atoms with Crippen LogP contribution in [0, 0.1) is 0 Å². The number of carbonyl (C=O) groups excluding carboxylic acids is 1. The Morgan fingerprint density at radius 2 is 1.61 bits per heavy atom. The molecular formula is C21H18Cl2N2O3. The predicted molar refractivity (Wildman–Crippen MR) is 114 cm³/mol. The lowest BCUT2D eigenvalue weighted by atomic mass is 10.1. The Balaban J connectivity index is 0.00000300. The summed E-state index contributed by atoms with van der Waals surface area (Å²) in [5, 5.41) is 16.0. The van der Waals surface area contributed by atoms with Crippen LogP contribution < -0.4 is 10.6 Å². The number of amides is 1. The molecule has 7 heteroatoms. The monoisotopic (exact) mass is 416 g/mol. The summed E-state index contributed by atoms with van der Waals surface area (Å²) >= 11 is 12.2. The number of nitrogens with one attached hydrogen (secondary N) is 2. The van der Waals surface area contributed by atoms with Crippen molar-refractivity contribution < 1.29 is 16.1 Å². The minimum atomic E-state index is -1.03. The molecule has 0 unspecified atom stereocenters. The Kier molecular flexibility index (Phi) is 6.19. The van der Waals surface area contributed by atoms with Gasteiger partial charge < -0.3 is 15.7 Å². The zero-order chi connectivity index (χ0) is 20.1. The van der Waals surface area contributed by atoms with E-state index in [-0.39, 0.29) is 12.9 Å². The van der Waals surface area contributed by atoms with Crippen LogP contribution >= 0.6 is 23.2 Å². The fourth-order valence-corrected chi connectivity index (χ4v) is 2.95. The normalized spacial score (nSPS) is 10.4. The third-order valence-corrected chi connectivity index (χ3v) is 4.60. The topological polar surface area (TPSA) is 78.4 Å². The van der Waals surface area contributed by atoms with Gasteiger partial charge in [0.15, 0.2) is 0 Å². The maximum absolute atomic E-state index is 12.7. The molecule has 3 aromatic rings. The van der Waals surface area contributed by atoms with Gasteiger partial charge in [-0.05, 0) is 54.1 Å². The summed E-state index contributed by atoms with van der Waals surface area (Å²) in [7, 11) is 0. The van der Waals surface area contributed by atoms with Crippen LogP contribution in [0.25, 0.3) is 0 Å². The van der Waals surface area contributed by atoms with E-state index in [2.05, 4.69) is 10.6 Å². The SMILES string of the molecule is O=C(O)c1ccc(NC(=O)c2cccc(Cl)c2NCc2ccc(Cl)cc2)cc1.[HH]. The third kappa shape index (κ3) is 4.82. The Morgan fingerprint density at radius 3 is 2.25 bits per heavy atom. The van der Waals surface area contributed by atoms with E-state index in [9.17, 15) is 9.59 Å². The molecule has 28 heavy (non-hydrogen) atoms. The third-order valence-electron chi connectivity index (χ3n) is 4.03. The summed E-state index contributed by atoms with van der Waals surface area (Å²) < 4.78 is 0. The summed E-state index contributed by atoms with van der Waals surface area (Å²) in [6.45, 7) is 0.467. The molecule has 0 aliphatic rings. The van der Waals surface area contributed by atoms with Crippen LogP contribution in [0.4, 0.5) is 11.4 Å². The molecule has 3 rings (SSSR count). The number of carboxylic acid groups (broad SMARTS) is 1. The van der Waals surface area contributed by atoms with E-state index in [0.717, 1.165) is 5.56 Å². The van der Waals surface area contributed by atoms with Crippen molar-refractivity contribution in [1.29, 1.82) is 0 Å². The number of anilines is 2. The van der Waals surface area contributed by atoms with Crippen molar-refractivity contribution in [2.24, 2.45) is 0 Å². The van der Waals surface area contributed by atoms with Gasteiger partial charge in [-0.1, -0.05) is 41.4 Å². The van der Waals surface area contributed by atoms with Gasteiger partial charge in [-0.15, -0.1) is 0 Å². The number of carboxylic acids is 1. The molecule has 0 spiro atoms. The minimum absolute atomic E-state index is 0. The largest absolute Gasteiger partial charge is 0.478 e. The first kappa shape index (κ1) is 19.7. The molecule has 5 nitrogen and oxygen atoms in total. The molecule has 0 radical (unpaired) electrons. The van der Waals surface area contributed by atoms with Gasteiger partial charge in [-0.3, -0.25) is 4.79 Å². The molecule has 3 N–H and O–H groups in total. The second kappa shape index (κ2) is 8.78. The van der Waals surface area contributed by atoms with Gasteiger partial charge in [0.05, 0.1) is 21.8 Å². The smallest absolute Gasteiger partial charge is 0.335 e. The zero-order valence-corrected chi connectivity index (χ0v) is 16.1. The standard InChI is InChI=1S/C21H16Cl2N2O3.H2/c22-15-8-4-13(5-9-15)12-24-19-17(2-1-3-18(19)23)20(26)25-16-10-6-14(7-11-16)21(27)28;/h1-11,24H,12H2,(H,25,26)(H,27,28);1H. The van der Waals surface area contributed by atoms with Crippen molar-refractivity contribution >= 4 is 46.5 Å². The van der Waals surface area contributed by atoms with Crippen molar-refractivity contribution in [3.8, 4) is 0 Å². The summed E-state index contributed by atoms with van der Waals surface area (Å²) in [6.07, 6.45) is 0. The highest BCUT2D eigenvalue weighted by molar-refractivity contribution is 6.34. The van der Waals surface area contributed by atoms with E-state index in [0.29, 0.717) is 33.5 Å². The Labute approximate surface area is 173 Å². The van der Waals surface area contributed by atoms with E-state index < -0.39 is 5.97 Å². The molecule has 1 amide bonds. The number of hydrogen-bond donors (Lipinski definition) is 3. The van der Waals surface area contributed by atoms with Gasteiger partial charge in [0.1, 0.15) is 0 Å². The number of carbonyl (C=O) groups is 2. The first-order valence-electron chi connectivity index (χ1n) is 8.35. The van der Waals surface area contributed by atoms with Gasteiger partial charge in [-0.25, -0.2) is 4.79 Å². The summed E-state index contributed by atoms with van der Waals surface area (Å²) in [6, 6.07) is 18.3. The fraction of sp³-hybridized carbons (Fsp3) is 0.0476. The first-order valence-corrected chi connectivity index (χ1v) is 9.11. The van der Waals surface area contributed by atoms with E-state index in [1.165, 1.54) is 24.3 Å². The second-order valence-electron chi connectivity index (χ2n) is 5.98. The lowest BCUT2D eigenvalue weighted by molar-refractivity contribution is 0.0696. The van der Waals surface area contributed by atoms with E-state index >= 15 is 0 Å². The number of benzene rings is 3. The zero-order valence-electron chi connectivity index (χ0n) is 14.6. The van der Waals surface area contributed by atoms with Crippen LogP contribution in [0.2, 0.25) is 10.0 Å². The quantitative estimate of drug-likeness (QED) is 0.474. The van der Waals surface area contributed by atoms with Crippen LogP contribution in [-0.4, -0.2) is 17.0 Å². The molecule has 0 fully saturated rings. The van der Waals surface area contributed by atoms with Crippen molar-refractivity contribution in [3.63, 3.8) is 0 Å². The van der Waals surface area contributed by atoms with Crippen LogP contribution in [0.15, 0.2) is 66.7 Å². The van der Waals surface area contributed by atoms with Gasteiger partial charge in [0.25, 0.3) is 5.91 Å². The van der Waals surface area contributed by atoms with Crippen LogP contribution in [0.5, 0.6) is 0 Å². The van der Waals surface area contributed by atoms with Crippen molar-refractivity contribution in [1.82, 2.24) is 0 Å². The molecule has 0 aliphatic carbocycles. The number of rotatable bonds is 6. The highest BCUT2D eigenvalue weighted by atomic mass is 35.5. The van der Waals surface area contributed by atoms with Gasteiger partial charge in [0.2, 0.25) is 0 Å². The van der Waals surface area contributed by atoms with Crippen molar-refractivity contribution in [3.05, 3.63) is 93.5 Å². The highest BCUT2D eigenvalue weighted by Gasteiger charge is 2.15. The molecular weight excluding hydrogens is 399 g/mol. The minimum Gasteiger partial charge on any atom is -0.478 e. The fourth-order valence-electron chi connectivity index (χ4n) is 2.58. The maximum atomic E-state index is 12.7. The molecule has 0 atom stereocenters. The Bertz CT molecular complexity index is 1010. The van der Waals surface area contributed by atoms with E-state index in [4.69, 9.17) is 28.3 Å². The van der Waals surface area contributed by atoms with Crippen molar-refractivity contribution in [2.75, 3.05) is 10.6 Å². The maximum Gasteiger partial charge on any atom is 0.335 e. The van der Waals surface area contributed by atoms with E-state index in [1.54, 1.807) is 30.3 Å². The first-order chi connectivity index (χ1) is 13.4.